The van der Waals surface area contributed by atoms with Crippen LogP contribution in [0.3, 0.4) is 0 Å². The van der Waals surface area contributed by atoms with E-state index in [4.69, 9.17) is 9.47 Å². The molecule has 1 aliphatic rings. The van der Waals surface area contributed by atoms with Gasteiger partial charge in [0.05, 0.1) is 18.8 Å². The first-order valence-corrected chi connectivity index (χ1v) is 6.57. The zero-order chi connectivity index (χ0) is 14.0. The normalized spacial score (nSPS) is 15.1. The number of hydrogen-bond donors (Lipinski definition) is 1. The van der Waals surface area contributed by atoms with Gasteiger partial charge < -0.3 is 14.4 Å². The molecule has 0 unspecified atom stereocenters. The molecular weight excluding hydrogens is 246 g/mol. The second-order valence-corrected chi connectivity index (χ2v) is 5.57. The first kappa shape index (κ1) is 13.7. The van der Waals surface area contributed by atoms with E-state index in [-0.39, 0.29) is 6.09 Å². The molecule has 6 heteroatoms. The van der Waals surface area contributed by atoms with Crippen molar-refractivity contribution < 1.29 is 14.3 Å². The third kappa shape index (κ3) is 3.19. The third-order valence-electron chi connectivity index (χ3n) is 2.83. The molecule has 0 spiro atoms. The van der Waals surface area contributed by atoms with E-state index in [0.29, 0.717) is 25.6 Å². The highest BCUT2D eigenvalue weighted by Crippen LogP contribution is 2.26. The first-order valence-electron chi connectivity index (χ1n) is 6.57. The zero-order valence-corrected chi connectivity index (χ0v) is 11.9. The lowest BCUT2D eigenvalue weighted by Crippen LogP contribution is -2.39. The molecule has 0 saturated heterocycles. The van der Waals surface area contributed by atoms with Crippen molar-refractivity contribution in [3.8, 4) is 5.88 Å². The van der Waals surface area contributed by atoms with Crippen molar-refractivity contribution in [2.24, 2.45) is 0 Å². The van der Waals surface area contributed by atoms with Crippen LogP contribution in [0.15, 0.2) is 0 Å². The summed E-state index contributed by atoms with van der Waals surface area (Å²) in [6.45, 7) is 9.23. The van der Waals surface area contributed by atoms with Crippen molar-refractivity contribution in [2.45, 2.75) is 46.3 Å². The first-order chi connectivity index (χ1) is 8.90. The lowest BCUT2D eigenvalue weighted by Gasteiger charge is -2.29. The standard InChI is InChI=1S/C13H21N3O3/c1-5-18-11-9-6-7-16(8-10(9)14-15-11)12(17)19-13(2,3)4/h5-8H2,1-4H3,(H,14,15). The second-order valence-electron chi connectivity index (χ2n) is 5.57. The van der Waals surface area contributed by atoms with Crippen molar-refractivity contribution in [1.29, 1.82) is 0 Å². The van der Waals surface area contributed by atoms with Crippen molar-refractivity contribution >= 4 is 6.09 Å². The van der Waals surface area contributed by atoms with Gasteiger partial charge >= 0.3 is 6.09 Å². The summed E-state index contributed by atoms with van der Waals surface area (Å²) in [5.41, 5.74) is 1.53. The van der Waals surface area contributed by atoms with Crippen LogP contribution in [-0.4, -0.2) is 39.9 Å². The number of rotatable bonds is 2. The van der Waals surface area contributed by atoms with Gasteiger partial charge in [0, 0.05) is 12.1 Å². The van der Waals surface area contributed by atoms with Gasteiger partial charge in [-0.05, 0) is 34.1 Å². The topological polar surface area (TPSA) is 67.5 Å². The molecule has 1 aromatic heterocycles. The molecule has 0 radical (unpaired) electrons. The number of nitrogens with zero attached hydrogens (tertiary/aromatic N) is 2. The van der Waals surface area contributed by atoms with Gasteiger partial charge in [-0.2, -0.15) is 0 Å². The summed E-state index contributed by atoms with van der Waals surface area (Å²) in [4.78, 5) is 13.7. The Morgan fingerprint density at radius 3 is 2.84 bits per heavy atom. The Kier molecular flexibility index (Phi) is 3.68. The molecule has 0 bridgehead atoms. The zero-order valence-electron chi connectivity index (χ0n) is 11.9. The largest absolute Gasteiger partial charge is 0.477 e. The van der Waals surface area contributed by atoms with Crippen LogP contribution in [-0.2, 0) is 17.7 Å². The number of nitrogens with one attached hydrogen (secondary N) is 1. The van der Waals surface area contributed by atoms with Gasteiger partial charge in [0.2, 0.25) is 5.88 Å². The molecular formula is C13H21N3O3. The van der Waals surface area contributed by atoms with E-state index in [9.17, 15) is 4.79 Å². The maximum absolute atomic E-state index is 12.0. The lowest BCUT2D eigenvalue weighted by atomic mass is 10.1. The van der Waals surface area contributed by atoms with E-state index in [1.54, 1.807) is 4.90 Å². The minimum Gasteiger partial charge on any atom is -0.477 e. The van der Waals surface area contributed by atoms with Crippen LogP contribution < -0.4 is 4.74 Å². The van der Waals surface area contributed by atoms with E-state index in [1.165, 1.54) is 0 Å². The van der Waals surface area contributed by atoms with Gasteiger partial charge in [-0.1, -0.05) is 0 Å². The molecule has 0 fully saturated rings. The highest BCUT2D eigenvalue weighted by molar-refractivity contribution is 5.68. The number of carbonyl (C=O) groups is 1. The molecule has 0 atom stereocenters. The predicted octanol–water partition coefficient (Wildman–Crippen LogP) is 2.10. The Hall–Kier alpha value is -1.72. The number of carbonyl (C=O) groups excluding carboxylic acids is 1. The summed E-state index contributed by atoms with van der Waals surface area (Å²) < 4.78 is 10.8. The number of H-pyrrole nitrogens is 1. The van der Waals surface area contributed by atoms with Crippen LogP contribution in [0.1, 0.15) is 39.0 Å². The Labute approximate surface area is 113 Å². The van der Waals surface area contributed by atoms with Crippen molar-refractivity contribution in [1.82, 2.24) is 15.1 Å². The predicted molar refractivity (Wildman–Crippen MR) is 70.1 cm³/mol. The summed E-state index contributed by atoms with van der Waals surface area (Å²) >= 11 is 0. The Morgan fingerprint density at radius 2 is 2.21 bits per heavy atom. The van der Waals surface area contributed by atoms with E-state index in [0.717, 1.165) is 17.7 Å². The van der Waals surface area contributed by atoms with Crippen LogP contribution in [0, 0.1) is 0 Å². The lowest BCUT2D eigenvalue weighted by molar-refractivity contribution is 0.0221. The van der Waals surface area contributed by atoms with Gasteiger partial charge in [0.1, 0.15) is 5.60 Å². The Morgan fingerprint density at radius 1 is 1.47 bits per heavy atom. The van der Waals surface area contributed by atoms with Crippen LogP contribution in [0.4, 0.5) is 4.79 Å². The molecule has 1 amide bonds. The Balaban J connectivity index is 2.04. The van der Waals surface area contributed by atoms with Gasteiger partial charge in [-0.3, -0.25) is 5.10 Å². The fourth-order valence-electron chi connectivity index (χ4n) is 2.03. The second kappa shape index (κ2) is 5.11. The van der Waals surface area contributed by atoms with E-state index in [1.807, 2.05) is 27.7 Å². The Bertz CT molecular complexity index is 462. The number of aromatic amines is 1. The maximum atomic E-state index is 12.0. The molecule has 0 aromatic carbocycles. The average Bonchev–Trinajstić information content (AvgIpc) is 2.70. The average molecular weight is 267 g/mol. The van der Waals surface area contributed by atoms with Crippen LogP contribution in [0.2, 0.25) is 0 Å². The molecule has 1 aromatic rings. The summed E-state index contributed by atoms with van der Waals surface area (Å²) in [6, 6.07) is 0. The highest BCUT2D eigenvalue weighted by atomic mass is 16.6. The fourth-order valence-corrected chi connectivity index (χ4v) is 2.03. The third-order valence-corrected chi connectivity index (χ3v) is 2.83. The molecule has 0 aliphatic carbocycles. The number of ether oxygens (including phenoxy) is 2. The molecule has 1 aliphatic heterocycles. The number of amides is 1. The molecule has 106 valence electrons. The van der Waals surface area contributed by atoms with Crippen molar-refractivity contribution in [3.63, 3.8) is 0 Å². The van der Waals surface area contributed by atoms with E-state index in [2.05, 4.69) is 10.2 Å². The van der Waals surface area contributed by atoms with Crippen molar-refractivity contribution in [3.05, 3.63) is 11.3 Å². The smallest absolute Gasteiger partial charge is 0.410 e. The number of hydrogen-bond acceptors (Lipinski definition) is 4. The highest BCUT2D eigenvalue weighted by Gasteiger charge is 2.28. The minimum atomic E-state index is -0.470. The van der Waals surface area contributed by atoms with Crippen LogP contribution in [0.25, 0.3) is 0 Å². The number of fused-ring (bicyclic) bond motifs is 1. The summed E-state index contributed by atoms with van der Waals surface area (Å²) in [5, 5.41) is 7.06. The minimum absolute atomic E-state index is 0.286. The summed E-state index contributed by atoms with van der Waals surface area (Å²) in [5.74, 6) is 0.654. The SMILES string of the molecule is CCOc1n[nH]c2c1CCN(C(=O)OC(C)(C)C)C2. The molecule has 19 heavy (non-hydrogen) atoms. The summed E-state index contributed by atoms with van der Waals surface area (Å²) in [6.07, 6.45) is 0.450. The van der Waals surface area contributed by atoms with E-state index >= 15 is 0 Å². The van der Waals surface area contributed by atoms with Gasteiger partial charge in [0.15, 0.2) is 0 Å². The molecule has 1 N–H and O–H groups in total. The molecule has 6 nitrogen and oxygen atoms in total. The van der Waals surface area contributed by atoms with Gasteiger partial charge in [-0.15, -0.1) is 5.10 Å². The maximum Gasteiger partial charge on any atom is 0.410 e. The van der Waals surface area contributed by atoms with Crippen molar-refractivity contribution in [2.75, 3.05) is 13.2 Å². The monoisotopic (exact) mass is 267 g/mol. The van der Waals surface area contributed by atoms with Crippen LogP contribution >= 0.6 is 0 Å². The molecule has 2 rings (SSSR count). The number of aromatic nitrogens is 2. The molecule has 2 heterocycles. The quantitative estimate of drug-likeness (QED) is 0.891. The van der Waals surface area contributed by atoms with Gasteiger partial charge in [-0.25, -0.2) is 4.79 Å². The van der Waals surface area contributed by atoms with Crippen LogP contribution in [0.5, 0.6) is 5.88 Å². The molecule has 0 saturated carbocycles. The summed E-state index contributed by atoms with van der Waals surface area (Å²) in [7, 11) is 0. The van der Waals surface area contributed by atoms with E-state index < -0.39 is 5.60 Å². The fraction of sp³-hybridized carbons (Fsp3) is 0.692. The van der Waals surface area contributed by atoms with Gasteiger partial charge in [0.25, 0.3) is 0 Å².